The van der Waals surface area contributed by atoms with Crippen LogP contribution in [0, 0.1) is 0 Å². The zero-order valence-electron chi connectivity index (χ0n) is 21.6. The highest BCUT2D eigenvalue weighted by Gasteiger charge is 2.33. The lowest BCUT2D eigenvalue weighted by molar-refractivity contribution is -0.139. The fraction of sp³-hybridized carbons (Fsp3) is 0.286. The van der Waals surface area contributed by atoms with Gasteiger partial charge in [0.15, 0.2) is 0 Å². The quantitative estimate of drug-likeness (QED) is 0.248. The van der Waals surface area contributed by atoms with Gasteiger partial charge in [0.25, 0.3) is 10.0 Å². The molecule has 0 saturated carbocycles. The standard InChI is InChI=1S/C28H30Cl3N3O4S/c1-3-4-16-32-28(36)20(2)33(18-21-10-12-22(29)13-11-21)27(35)19-34(26-15-14-23(30)17-25(26)31)39(37,38)24-8-6-5-7-9-24/h5-15,17,20H,3-4,16,18-19H2,1-2H3,(H,32,36)/t20-/m0/s1. The maximum absolute atomic E-state index is 13.9. The average Bonchev–Trinajstić information content (AvgIpc) is 2.91. The number of amides is 2. The molecule has 2 amide bonds. The summed E-state index contributed by atoms with van der Waals surface area (Å²) in [5, 5.41) is 3.75. The fourth-order valence-electron chi connectivity index (χ4n) is 3.82. The highest BCUT2D eigenvalue weighted by molar-refractivity contribution is 7.92. The molecule has 0 aliphatic carbocycles. The van der Waals surface area contributed by atoms with Gasteiger partial charge in [0.05, 0.1) is 15.6 Å². The van der Waals surface area contributed by atoms with Crippen LogP contribution in [0.15, 0.2) is 77.7 Å². The number of carbonyl (C=O) groups is 2. The predicted octanol–water partition coefficient (Wildman–Crippen LogP) is 6.18. The SMILES string of the molecule is CCCCNC(=O)[C@H](C)N(Cc1ccc(Cl)cc1)C(=O)CN(c1ccc(Cl)cc1Cl)S(=O)(=O)c1ccccc1. The van der Waals surface area contributed by atoms with E-state index in [9.17, 15) is 18.0 Å². The molecule has 11 heteroatoms. The topological polar surface area (TPSA) is 86.8 Å². The Bertz CT molecular complexity index is 1390. The monoisotopic (exact) mass is 609 g/mol. The smallest absolute Gasteiger partial charge is 0.264 e. The zero-order chi connectivity index (χ0) is 28.6. The molecule has 0 aromatic heterocycles. The lowest BCUT2D eigenvalue weighted by Crippen LogP contribution is -2.51. The number of benzene rings is 3. The van der Waals surface area contributed by atoms with E-state index in [4.69, 9.17) is 34.8 Å². The van der Waals surface area contributed by atoms with Gasteiger partial charge in [-0.2, -0.15) is 0 Å². The molecule has 3 aromatic carbocycles. The van der Waals surface area contributed by atoms with E-state index in [1.54, 1.807) is 49.4 Å². The Hall–Kier alpha value is -2.78. The van der Waals surface area contributed by atoms with Crippen molar-refractivity contribution in [2.45, 2.75) is 44.2 Å². The minimum Gasteiger partial charge on any atom is -0.354 e. The number of nitrogens with zero attached hydrogens (tertiary/aromatic N) is 2. The Morgan fingerprint density at radius 1 is 0.923 bits per heavy atom. The molecule has 208 valence electrons. The molecule has 0 fully saturated rings. The Kier molecular flexibility index (Phi) is 11.1. The lowest BCUT2D eigenvalue weighted by atomic mass is 10.1. The summed E-state index contributed by atoms with van der Waals surface area (Å²) in [6.45, 7) is 3.55. The second kappa shape index (κ2) is 14.0. The molecular formula is C28H30Cl3N3O4S. The van der Waals surface area contributed by atoms with Gasteiger partial charge in [-0.25, -0.2) is 8.42 Å². The summed E-state index contributed by atoms with van der Waals surface area (Å²) >= 11 is 18.5. The van der Waals surface area contributed by atoms with Crippen LogP contribution in [0.25, 0.3) is 0 Å². The molecule has 0 saturated heterocycles. The second-order valence-corrected chi connectivity index (χ2v) is 12.0. The normalized spacial score (nSPS) is 12.0. The van der Waals surface area contributed by atoms with Crippen LogP contribution in [0.4, 0.5) is 5.69 Å². The van der Waals surface area contributed by atoms with Gasteiger partial charge in [0, 0.05) is 23.1 Å². The summed E-state index contributed by atoms with van der Waals surface area (Å²) < 4.78 is 28.5. The molecule has 3 aromatic rings. The number of nitrogens with one attached hydrogen (secondary N) is 1. The molecule has 0 spiro atoms. The molecule has 0 bridgehead atoms. The largest absolute Gasteiger partial charge is 0.354 e. The maximum atomic E-state index is 13.9. The van der Waals surface area contributed by atoms with Gasteiger partial charge in [-0.05, 0) is 61.4 Å². The summed E-state index contributed by atoms with van der Waals surface area (Å²) in [7, 11) is -4.22. The first-order valence-corrected chi connectivity index (χ1v) is 15.0. The molecular weight excluding hydrogens is 581 g/mol. The summed E-state index contributed by atoms with van der Waals surface area (Å²) in [6.07, 6.45) is 1.69. The van der Waals surface area contributed by atoms with Gasteiger partial charge in [-0.1, -0.05) is 78.5 Å². The first kappa shape index (κ1) is 30.8. The summed E-state index contributed by atoms with van der Waals surface area (Å²) in [5.74, 6) is -0.929. The Morgan fingerprint density at radius 2 is 1.56 bits per heavy atom. The van der Waals surface area contributed by atoms with Gasteiger partial charge < -0.3 is 10.2 Å². The first-order chi connectivity index (χ1) is 18.5. The van der Waals surface area contributed by atoms with Crippen molar-refractivity contribution >= 4 is 62.3 Å². The van der Waals surface area contributed by atoms with Crippen molar-refractivity contribution in [3.05, 3.63) is 93.4 Å². The molecule has 0 radical (unpaired) electrons. The van der Waals surface area contributed by atoms with Crippen molar-refractivity contribution in [3.8, 4) is 0 Å². The van der Waals surface area contributed by atoms with E-state index in [1.165, 1.54) is 35.2 Å². The number of sulfonamides is 1. The minimum absolute atomic E-state index is 0.0153. The van der Waals surface area contributed by atoms with E-state index in [0.717, 1.165) is 22.7 Å². The van der Waals surface area contributed by atoms with Gasteiger partial charge in [-0.15, -0.1) is 0 Å². The van der Waals surface area contributed by atoms with Crippen LogP contribution >= 0.6 is 34.8 Å². The summed E-state index contributed by atoms with van der Waals surface area (Å²) in [4.78, 5) is 28.2. The maximum Gasteiger partial charge on any atom is 0.264 e. The van der Waals surface area contributed by atoms with Crippen molar-refractivity contribution in [2.24, 2.45) is 0 Å². The van der Waals surface area contributed by atoms with Crippen molar-refractivity contribution in [1.82, 2.24) is 10.2 Å². The molecule has 3 rings (SSSR count). The molecule has 0 aliphatic rings. The molecule has 1 N–H and O–H groups in total. The van der Waals surface area contributed by atoms with E-state index >= 15 is 0 Å². The van der Waals surface area contributed by atoms with Crippen LogP contribution in [-0.2, 0) is 26.2 Å². The highest BCUT2D eigenvalue weighted by atomic mass is 35.5. The van der Waals surface area contributed by atoms with Crippen molar-refractivity contribution in [1.29, 1.82) is 0 Å². The Balaban J connectivity index is 2.01. The van der Waals surface area contributed by atoms with Crippen molar-refractivity contribution in [2.75, 3.05) is 17.4 Å². The molecule has 1 atom stereocenters. The van der Waals surface area contributed by atoms with E-state index in [1.807, 2.05) is 6.92 Å². The molecule has 0 heterocycles. The number of rotatable bonds is 12. The molecule has 7 nitrogen and oxygen atoms in total. The van der Waals surface area contributed by atoms with Crippen molar-refractivity contribution < 1.29 is 18.0 Å². The fourth-order valence-corrected chi connectivity index (χ4v) is 5.96. The second-order valence-electron chi connectivity index (χ2n) is 8.89. The van der Waals surface area contributed by atoms with E-state index in [0.29, 0.717) is 16.6 Å². The summed E-state index contributed by atoms with van der Waals surface area (Å²) in [5.41, 5.74) is 0.813. The van der Waals surface area contributed by atoms with Crippen LogP contribution in [0.3, 0.4) is 0 Å². The van der Waals surface area contributed by atoms with Gasteiger partial charge >= 0.3 is 0 Å². The predicted molar refractivity (Wildman–Crippen MR) is 157 cm³/mol. The van der Waals surface area contributed by atoms with Gasteiger partial charge in [0.2, 0.25) is 11.8 Å². The highest BCUT2D eigenvalue weighted by Crippen LogP contribution is 2.33. The minimum atomic E-state index is -4.22. The number of carbonyl (C=O) groups excluding carboxylic acids is 2. The molecule has 39 heavy (non-hydrogen) atoms. The average molecular weight is 611 g/mol. The van der Waals surface area contributed by atoms with Crippen LogP contribution in [0.5, 0.6) is 0 Å². The van der Waals surface area contributed by atoms with E-state index in [-0.39, 0.29) is 28.1 Å². The number of anilines is 1. The van der Waals surface area contributed by atoms with E-state index in [2.05, 4.69) is 5.32 Å². The molecule has 0 unspecified atom stereocenters. The van der Waals surface area contributed by atoms with Crippen LogP contribution in [0.1, 0.15) is 32.3 Å². The third-order valence-electron chi connectivity index (χ3n) is 6.05. The first-order valence-electron chi connectivity index (χ1n) is 12.4. The van der Waals surface area contributed by atoms with Crippen LogP contribution in [-0.4, -0.2) is 44.3 Å². The van der Waals surface area contributed by atoms with E-state index < -0.39 is 28.5 Å². The Morgan fingerprint density at radius 3 is 2.18 bits per heavy atom. The number of hydrogen-bond acceptors (Lipinski definition) is 4. The third-order valence-corrected chi connectivity index (χ3v) is 8.62. The van der Waals surface area contributed by atoms with Crippen LogP contribution < -0.4 is 9.62 Å². The third kappa shape index (κ3) is 8.11. The van der Waals surface area contributed by atoms with Crippen LogP contribution in [0.2, 0.25) is 15.1 Å². The number of halogens is 3. The molecule has 0 aliphatic heterocycles. The number of hydrogen-bond donors (Lipinski definition) is 1. The van der Waals surface area contributed by atoms with Crippen molar-refractivity contribution in [3.63, 3.8) is 0 Å². The lowest BCUT2D eigenvalue weighted by Gasteiger charge is -2.32. The zero-order valence-corrected chi connectivity index (χ0v) is 24.7. The number of unbranched alkanes of at least 4 members (excludes halogenated alkanes) is 1. The van der Waals surface area contributed by atoms with Gasteiger partial charge in [-0.3, -0.25) is 13.9 Å². The summed E-state index contributed by atoms with van der Waals surface area (Å²) in [6, 6.07) is 18.1. The van der Waals surface area contributed by atoms with Gasteiger partial charge in [0.1, 0.15) is 12.6 Å². The Labute approximate surface area is 244 Å².